The van der Waals surface area contributed by atoms with Crippen LogP contribution < -0.4 is 14.8 Å². The maximum Gasteiger partial charge on any atom is 0.416 e. The van der Waals surface area contributed by atoms with E-state index in [0.29, 0.717) is 9.82 Å². The van der Waals surface area contributed by atoms with Crippen molar-refractivity contribution in [2.45, 2.75) is 37.1 Å². The zero-order chi connectivity index (χ0) is 30.8. The smallest absolute Gasteiger partial charge is 0.416 e. The fourth-order valence-electron chi connectivity index (χ4n) is 4.57. The van der Waals surface area contributed by atoms with Crippen LogP contribution in [-0.4, -0.2) is 30.6 Å². The Bertz CT molecular complexity index is 1860. The minimum absolute atomic E-state index is 0.0644. The summed E-state index contributed by atoms with van der Waals surface area (Å²) in [5.74, 6) is -1.02. The summed E-state index contributed by atoms with van der Waals surface area (Å²) in [5, 5.41) is 7.08. The zero-order valence-electron chi connectivity index (χ0n) is 22.9. The number of aromatic amines is 1. The van der Waals surface area contributed by atoms with E-state index < -0.39 is 40.3 Å². The van der Waals surface area contributed by atoms with Crippen LogP contribution in [0.2, 0.25) is 0 Å². The number of rotatable bonds is 9. The van der Waals surface area contributed by atoms with Crippen molar-refractivity contribution in [2.24, 2.45) is 5.73 Å². The summed E-state index contributed by atoms with van der Waals surface area (Å²) >= 11 is 0. The third-order valence-electron chi connectivity index (χ3n) is 6.80. The first-order valence-corrected chi connectivity index (χ1v) is 14.6. The van der Waals surface area contributed by atoms with E-state index in [2.05, 4.69) is 10.2 Å². The number of nitrogens with one attached hydrogen (secondary N) is 1. The number of sulfonamides is 1. The van der Waals surface area contributed by atoms with Gasteiger partial charge in [0, 0.05) is 10.9 Å². The van der Waals surface area contributed by atoms with E-state index >= 15 is 0 Å². The van der Waals surface area contributed by atoms with Crippen LogP contribution in [0.15, 0.2) is 102 Å². The molecular weight excluding hydrogens is 581 g/mol. The number of hydrogen-bond donors (Lipinski definition) is 2. The Kier molecular flexibility index (Phi) is 8.25. The molecule has 4 aromatic carbocycles. The number of fused-ring (bicyclic) bond motifs is 1. The lowest BCUT2D eigenvalue weighted by atomic mass is 10.1. The molecular formula is C31H27F3N4O4S. The lowest BCUT2D eigenvalue weighted by Gasteiger charge is -2.24. The highest BCUT2D eigenvalue weighted by atomic mass is 32.2. The number of amides is 1. The fraction of sp³-hybridized carbons (Fsp3) is 0.161. The number of hydrogen-bond acceptors (Lipinski definition) is 6. The second-order valence-electron chi connectivity index (χ2n) is 9.92. The third-order valence-corrected chi connectivity index (χ3v) is 8.50. The van der Waals surface area contributed by atoms with Crippen LogP contribution >= 0.6 is 0 Å². The highest BCUT2D eigenvalue weighted by molar-refractivity contribution is 7.93. The molecule has 1 amide bonds. The molecule has 43 heavy (non-hydrogen) atoms. The Labute approximate surface area is 246 Å². The van der Waals surface area contributed by atoms with Gasteiger partial charge in [-0.15, -0.1) is 0 Å². The summed E-state index contributed by atoms with van der Waals surface area (Å²) in [6, 6.07) is 23.1. The van der Waals surface area contributed by atoms with Crippen molar-refractivity contribution in [3.05, 3.63) is 119 Å². The molecule has 1 atom stereocenters. The van der Waals surface area contributed by atoms with Gasteiger partial charge in [0.15, 0.2) is 5.82 Å². The molecule has 0 unspecified atom stereocenters. The average Bonchev–Trinajstić information content (AvgIpc) is 3.39. The van der Waals surface area contributed by atoms with Gasteiger partial charge in [-0.3, -0.25) is 9.89 Å². The summed E-state index contributed by atoms with van der Waals surface area (Å²) in [7, 11) is -4.50. The van der Waals surface area contributed by atoms with Crippen LogP contribution in [0.4, 0.5) is 19.0 Å². The van der Waals surface area contributed by atoms with Gasteiger partial charge >= 0.3 is 6.18 Å². The molecule has 12 heteroatoms. The quantitative estimate of drug-likeness (QED) is 0.220. The number of halogens is 3. The summed E-state index contributed by atoms with van der Waals surface area (Å²) in [6.07, 6.45) is -4.50. The molecule has 0 aliphatic heterocycles. The molecule has 0 saturated heterocycles. The summed E-state index contributed by atoms with van der Waals surface area (Å²) in [5.41, 5.74) is 7.30. The molecule has 1 aromatic heterocycles. The Morgan fingerprint density at radius 2 is 1.65 bits per heavy atom. The number of benzene rings is 4. The number of ether oxygens (including phenoxy) is 1. The van der Waals surface area contributed by atoms with E-state index in [4.69, 9.17) is 10.5 Å². The predicted molar refractivity (Wildman–Crippen MR) is 156 cm³/mol. The minimum atomic E-state index is -4.56. The van der Waals surface area contributed by atoms with Crippen molar-refractivity contribution in [3.8, 4) is 5.75 Å². The molecule has 5 rings (SSSR count). The SMILES string of the molecule is Cc1ccc(S(=O)(=O)N(C(=O)[C@@H](N)Cc2ccccc2)c2n[nH]c3ccc(OCc4ccccc4C(F)(F)F)cc23)cc1. The van der Waals surface area contributed by atoms with Gasteiger partial charge in [-0.25, -0.2) is 8.42 Å². The minimum Gasteiger partial charge on any atom is -0.489 e. The second kappa shape index (κ2) is 11.9. The number of anilines is 1. The van der Waals surface area contributed by atoms with E-state index in [9.17, 15) is 26.4 Å². The normalized spacial score (nSPS) is 12.7. The van der Waals surface area contributed by atoms with Crippen LogP contribution in [0, 0.1) is 6.92 Å². The first kappa shape index (κ1) is 29.8. The largest absolute Gasteiger partial charge is 0.489 e. The number of nitrogens with two attached hydrogens (primary N) is 1. The van der Waals surface area contributed by atoms with E-state index in [0.717, 1.165) is 17.2 Å². The van der Waals surface area contributed by atoms with E-state index in [-0.39, 0.29) is 33.8 Å². The van der Waals surface area contributed by atoms with Crippen molar-refractivity contribution < 1.29 is 31.1 Å². The summed E-state index contributed by atoms with van der Waals surface area (Å²) in [4.78, 5) is 13.7. The van der Waals surface area contributed by atoms with Gasteiger partial charge in [0.25, 0.3) is 15.9 Å². The van der Waals surface area contributed by atoms with Crippen LogP contribution in [0.1, 0.15) is 22.3 Å². The first-order chi connectivity index (χ1) is 20.4. The Morgan fingerprint density at radius 3 is 2.35 bits per heavy atom. The number of alkyl halides is 3. The maximum atomic E-state index is 14.0. The first-order valence-electron chi connectivity index (χ1n) is 13.2. The topological polar surface area (TPSA) is 118 Å². The maximum absolute atomic E-state index is 14.0. The predicted octanol–water partition coefficient (Wildman–Crippen LogP) is 5.76. The van der Waals surface area contributed by atoms with E-state index in [1.807, 2.05) is 6.07 Å². The molecule has 0 aliphatic carbocycles. The van der Waals surface area contributed by atoms with Crippen LogP contribution in [-0.2, 0) is 34.0 Å². The standard InChI is InChI=1S/C31H27F3N4O4S/c1-20-11-14-24(15-12-20)43(40,41)38(30(39)27(35)17-21-7-3-2-4-8-21)29-25-18-23(13-16-28(25)36-37-29)42-19-22-9-5-6-10-26(22)31(32,33)34/h2-16,18,27H,17,19,35H2,1H3,(H,36,37)/t27-/m0/s1. The van der Waals surface area contributed by atoms with Crippen molar-refractivity contribution in [1.29, 1.82) is 0 Å². The molecule has 0 radical (unpaired) electrons. The molecule has 222 valence electrons. The summed E-state index contributed by atoms with van der Waals surface area (Å²) < 4.78 is 74.6. The lowest BCUT2D eigenvalue weighted by molar-refractivity contribution is -0.138. The number of carbonyl (C=O) groups is 1. The lowest BCUT2D eigenvalue weighted by Crippen LogP contribution is -2.48. The monoisotopic (exact) mass is 608 g/mol. The second-order valence-corrected chi connectivity index (χ2v) is 11.7. The van der Waals surface area contributed by atoms with Gasteiger partial charge in [0.05, 0.1) is 22.0 Å². The van der Waals surface area contributed by atoms with Crippen LogP contribution in [0.5, 0.6) is 5.75 Å². The van der Waals surface area contributed by atoms with Gasteiger partial charge in [-0.2, -0.15) is 22.6 Å². The number of aromatic nitrogens is 2. The molecule has 8 nitrogen and oxygen atoms in total. The van der Waals surface area contributed by atoms with E-state index in [1.165, 1.54) is 48.5 Å². The van der Waals surface area contributed by atoms with Crippen molar-refractivity contribution in [1.82, 2.24) is 10.2 Å². The molecule has 0 aliphatic rings. The molecule has 1 heterocycles. The highest BCUT2D eigenvalue weighted by Crippen LogP contribution is 2.34. The molecule has 5 aromatic rings. The molecule has 3 N–H and O–H groups in total. The Hall–Kier alpha value is -4.68. The number of H-pyrrole nitrogens is 1. The van der Waals surface area contributed by atoms with Crippen molar-refractivity contribution >= 4 is 32.7 Å². The van der Waals surface area contributed by atoms with E-state index in [1.54, 1.807) is 43.3 Å². The summed E-state index contributed by atoms with van der Waals surface area (Å²) in [6.45, 7) is 1.39. The number of carbonyl (C=O) groups excluding carboxylic acids is 1. The van der Waals surface area contributed by atoms with Crippen molar-refractivity contribution in [3.63, 3.8) is 0 Å². The molecule has 0 saturated carbocycles. The van der Waals surface area contributed by atoms with Crippen LogP contribution in [0.3, 0.4) is 0 Å². The highest BCUT2D eigenvalue weighted by Gasteiger charge is 2.37. The van der Waals surface area contributed by atoms with Gasteiger partial charge in [0.2, 0.25) is 0 Å². The molecule has 0 bridgehead atoms. The molecule has 0 spiro atoms. The van der Waals surface area contributed by atoms with Gasteiger partial charge in [-0.05, 0) is 55.3 Å². The van der Waals surface area contributed by atoms with Crippen LogP contribution in [0.25, 0.3) is 10.9 Å². The number of aryl methyl sites for hydroxylation is 1. The third kappa shape index (κ3) is 6.40. The van der Waals surface area contributed by atoms with Crippen molar-refractivity contribution in [2.75, 3.05) is 4.31 Å². The zero-order valence-corrected chi connectivity index (χ0v) is 23.7. The Morgan fingerprint density at radius 1 is 0.977 bits per heavy atom. The molecule has 0 fully saturated rings. The van der Waals surface area contributed by atoms with Gasteiger partial charge in [0.1, 0.15) is 12.4 Å². The average molecular weight is 609 g/mol. The fourth-order valence-corrected chi connectivity index (χ4v) is 6.00. The van der Waals surface area contributed by atoms with Gasteiger partial charge in [-0.1, -0.05) is 66.2 Å². The Balaban J connectivity index is 1.54. The van der Waals surface area contributed by atoms with Gasteiger partial charge < -0.3 is 10.5 Å². The number of nitrogens with zero attached hydrogens (tertiary/aromatic N) is 2.